The zero-order valence-electron chi connectivity index (χ0n) is 11.0. The molecule has 4 heteroatoms. The number of nitrogens with zero attached hydrogens (tertiary/aromatic N) is 1. The van der Waals surface area contributed by atoms with Crippen LogP contribution in [0.2, 0.25) is 0 Å². The highest BCUT2D eigenvalue weighted by Crippen LogP contribution is 2.45. The molecule has 0 aromatic rings. The zero-order chi connectivity index (χ0) is 12.7. The van der Waals surface area contributed by atoms with E-state index in [0.29, 0.717) is 0 Å². The lowest BCUT2D eigenvalue weighted by molar-refractivity contribution is 0.0270. The molecule has 1 saturated heterocycles. The molecule has 2 aliphatic rings. The van der Waals surface area contributed by atoms with Crippen LogP contribution in [0.4, 0.5) is 4.79 Å². The molecule has 1 amide bonds. The van der Waals surface area contributed by atoms with Crippen molar-refractivity contribution in [2.75, 3.05) is 13.1 Å². The highest BCUT2D eigenvalue weighted by molar-refractivity contribution is 5.68. The summed E-state index contributed by atoms with van der Waals surface area (Å²) < 4.78 is 5.38. The Morgan fingerprint density at radius 1 is 1.41 bits per heavy atom. The van der Waals surface area contributed by atoms with Crippen LogP contribution in [-0.4, -0.2) is 40.9 Å². The summed E-state index contributed by atoms with van der Waals surface area (Å²) in [5.74, 6) is 0. The van der Waals surface area contributed by atoms with Gasteiger partial charge < -0.3 is 14.7 Å². The van der Waals surface area contributed by atoms with Crippen LogP contribution in [0.15, 0.2) is 0 Å². The van der Waals surface area contributed by atoms with Gasteiger partial charge in [0.15, 0.2) is 0 Å². The molecule has 0 radical (unpaired) electrons. The molecule has 1 N–H and O–H groups in total. The number of hydrogen-bond acceptors (Lipinski definition) is 3. The third kappa shape index (κ3) is 2.92. The summed E-state index contributed by atoms with van der Waals surface area (Å²) in [6, 6.07) is 0. The molecule has 1 saturated carbocycles. The highest BCUT2D eigenvalue weighted by Gasteiger charge is 2.45. The van der Waals surface area contributed by atoms with E-state index in [-0.39, 0.29) is 17.6 Å². The number of likely N-dealkylation sites (tertiary alicyclic amines) is 1. The Morgan fingerprint density at radius 2 is 2.12 bits per heavy atom. The summed E-state index contributed by atoms with van der Waals surface area (Å²) in [4.78, 5) is 13.7. The van der Waals surface area contributed by atoms with Gasteiger partial charge in [0.2, 0.25) is 0 Å². The van der Waals surface area contributed by atoms with E-state index < -0.39 is 5.60 Å². The topological polar surface area (TPSA) is 49.8 Å². The minimum Gasteiger partial charge on any atom is -0.444 e. The van der Waals surface area contributed by atoms with Crippen LogP contribution < -0.4 is 0 Å². The summed E-state index contributed by atoms with van der Waals surface area (Å²) in [7, 11) is 0. The summed E-state index contributed by atoms with van der Waals surface area (Å²) in [5, 5.41) is 9.63. The molecular formula is C13H23NO3. The minimum absolute atomic E-state index is 0.163. The molecule has 0 aromatic heterocycles. The van der Waals surface area contributed by atoms with Crippen molar-refractivity contribution >= 4 is 6.09 Å². The van der Waals surface area contributed by atoms with Crippen LogP contribution in [0, 0.1) is 5.41 Å². The second-order valence-corrected chi connectivity index (χ2v) is 6.55. The first-order valence-electron chi connectivity index (χ1n) is 6.46. The Hall–Kier alpha value is -0.770. The number of hydrogen-bond donors (Lipinski definition) is 1. The monoisotopic (exact) mass is 241 g/mol. The summed E-state index contributed by atoms with van der Waals surface area (Å²) in [6.07, 6.45) is 3.37. The molecule has 1 spiro atoms. The summed E-state index contributed by atoms with van der Waals surface area (Å²) in [5.41, 5.74) is -0.266. The van der Waals surface area contributed by atoms with Gasteiger partial charge >= 0.3 is 6.09 Å². The average Bonchev–Trinajstić information content (AvgIpc) is 2.72. The maximum absolute atomic E-state index is 11.9. The van der Waals surface area contributed by atoms with Crippen molar-refractivity contribution in [3.05, 3.63) is 0 Å². The van der Waals surface area contributed by atoms with Crippen LogP contribution >= 0.6 is 0 Å². The molecule has 17 heavy (non-hydrogen) atoms. The third-order valence-corrected chi connectivity index (χ3v) is 3.77. The molecular weight excluding hydrogens is 218 g/mol. The van der Waals surface area contributed by atoms with Gasteiger partial charge in [0.05, 0.1) is 6.10 Å². The Kier molecular flexibility index (Phi) is 3.10. The van der Waals surface area contributed by atoms with Gasteiger partial charge in [-0.15, -0.1) is 0 Å². The van der Waals surface area contributed by atoms with E-state index in [1.54, 1.807) is 4.90 Å². The maximum atomic E-state index is 11.9. The summed E-state index contributed by atoms with van der Waals surface area (Å²) >= 11 is 0. The highest BCUT2D eigenvalue weighted by atomic mass is 16.6. The van der Waals surface area contributed by atoms with Gasteiger partial charge in [0.25, 0.3) is 0 Å². The van der Waals surface area contributed by atoms with Gasteiger partial charge in [-0.2, -0.15) is 0 Å². The van der Waals surface area contributed by atoms with E-state index in [9.17, 15) is 9.90 Å². The molecule has 0 bridgehead atoms. The third-order valence-electron chi connectivity index (χ3n) is 3.77. The lowest BCUT2D eigenvalue weighted by Crippen LogP contribution is -2.36. The predicted octanol–water partition coefficient (Wildman–Crippen LogP) is 2.16. The van der Waals surface area contributed by atoms with Crippen LogP contribution in [-0.2, 0) is 4.74 Å². The standard InChI is InChI=1S/C13H23NO3/c1-12(2,3)17-11(16)14-7-6-13(9-14)5-4-10(15)8-13/h10,15H,4-9H2,1-3H3/t10?,13-/m1/s1. The Labute approximate surface area is 103 Å². The quantitative estimate of drug-likeness (QED) is 0.707. The Balaban J connectivity index is 1.92. The van der Waals surface area contributed by atoms with Crippen LogP contribution in [0.5, 0.6) is 0 Å². The fraction of sp³-hybridized carbons (Fsp3) is 0.923. The molecule has 98 valence electrons. The first kappa shape index (κ1) is 12.7. The van der Waals surface area contributed by atoms with E-state index in [4.69, 9.17) is 4.74 Å². The Bertz CT molecular complexity index is 310. The smallest absolute Gasteiger partial charge is 0.410 e. The number of rotatable bonds is 0. The predicted molar refractivity (Wildman–Crippen MR) is 64.7 cm³/mol. The molecule has 0 aromatic carbocycles. The SMILES string of the molecule is CC(C)(C)OC(=O)N1CC[C@@]2(CCC(O)C2)C1. The number of aliphatic hydroxyl groups excluding tert-OH is 1. The van der Waals surface area contributed by atoms with Crippen molar-refractivity contribution in [2.45, 2.75) is 58.2 Å². The average molecular weight is 241 g/mol. The van der Waals surface area contributed by atoms with Gasteiger partial charge in [-0.05, 0) is 51.9 Å². The lowest BCUT2D eigenvalue weighted by Gasteiger charge is -2.26. The number of ether oxygens (including phenoxy) is 1. The van der Waals surface area contributed by atoms with Crippen LogP contribution in [0.3, 0.4) is 0 Å². The van der Waals surface area contributed by atoms with Crippen LogP contribution in [0.25, 0.3) is 0 Å². The van der Waals surface area contributed by atoms with Crippen molar-refractivity contribution in [3.63, 3.8) is 0 Å². The minimum atomic E-state index is -0.429. The van der Waals surface area contributed by atoms with Gasteiger partial charge in [-0.1, -0.05) is 0 Å². The van der Waals surface area contributed by atoms with E-state index in [1.807, 2.05) is 20.8 Å². The molecule has 1 aliphatic heterocycles. The maximum Gasteiger partial charge on any atom is 0.410 e. The van der Waals surface area contributed by atoms with Gasteiger partial charge in [0, 0.05) is 13.1 Å². The molecule has 4 nitrogen and oxygen atoms in total. The molecule has 2 fully saturated rings. The first-order valence-corrected chi connectivity index (χ1v) is 6.46. The van der Waals surface area contributed by atoms with Gasteiger partial charge in [0.1, 0.15) is 5.60 Å². The molecule has 2 rings (SSSR count). The molecule has 1 aliphatic carbocycles. The number of carbonyl (C=O) groups is 1. The summed E-state index contributed by atoms with van der Waals surface area (Å²) in [6.45, 7) is 7.17. The largest absolute Gasteiger partial charge is 0.444 e. The number of aliphatic hydroxyl groups is 1. The first-order chi connectivity index (χ1) is 7.80. The van der Waals surface area contributed by atoms with Crippen molar-refractivity contribution in [2.24, 2.45) is 5.41 Å². The Morgan fingerprint density at radius 3 is 2.65 bits per heavy atom. The molecule has 2 atom stereocenters. The van der Waals surface area contributed by atoms with Gasteiger partial charge in [-0.25, -0.2) is 4.79 Å². The zero-order valence-corrected chi connectivity index (χ0v) is 11.0. The van der Waals surface area contributed by atoms with Gasteiger partial charge in [-0.3, -0.25) is 0 Å². The van der Waals surface area contributed by atoms with E-state index in [0.717, 1.165) is 38.8 Å². The molecule has 1 unspecified atom stereocenters. The normalized spacial score (nSPS) is 33.4. The second kappa shape index (κ2) is 4.16. The molecule has 1 heterocycles. The van der Waals surface area contributed by atoms with Crippen LogP contribution in [0.1, 0.15) is 46.5 Å². The van der Waals surface area contributed by atoms with E-state index >= 15 is 0 Å². The number of carbonyl (C=O) groups excluding carboxylic acids is 1. The van der Waals surface area contributed by atoms with E-state index in [2.05, 4.69) is 0 Å². The fourth-order valence-electron chi connectivity index (χ4n) is 2.96. The van der Waals surface area contributed by atoms with Crippen molar-refractivity contribution in [3.8, 4) is 0 Å². The second-order valence-electron chi connectivity index (χ2n) is 6.55. The van der Waals surface area contributed by atoms with Crippen molar-refractivity contribution in [1.82, 2.24) is 4.90 Å². The lowest BCUT2D eigenvalue weighted by atomic mass is 9.85. The number of amides is 1. The van der Waals surface area contributed by atoms with Crippen molar-refractivity contribution in [1.29, 1.82) is 0 Å². The van der Waals surface area contributed by atoms with Crippen molar-refractivity contribution < 1.29 is 14.6 Å². The fourth-order valence-corrected chi connectivity index (χ4v) is 2.96. The van der Waals surface area contributed by atoms with E-state index in [1.165, 1.54) is 0 Å².